The normalized spacial score (nSPS) is 25.4. The van der Waals surface area contributed by atoms with Crippen LogP contribution in [0.25, 0.3) is 0 Å². The Balaban J connectivity index is 0.00000112. The van der Waals surface area contributed by atoms with E-state index in [0.717, 1.165) is 31.4 Å². The topological polar surface area (TPSA) is 35.2 Å². The van der Waals surface area contributed by atoms with Crippen LogP contribution in [0.15, 0.2) is 30.3 Å². The predicted octanol–water partition coefficient (Wildman–Crippen LogP) is 2.76. The van der Waals surface area contributed by atoms with Crippen molar-refractivity contribution in [2.75, 3.05) is 0 Å². The Labute approximate surface area is 97.2 Å². The molecular weight excluding hydrogens is 210 g/mol. The molecule has 0 spiro atoms. The van der Waals surface area contributed by atoms with Crippen LogP contribution in [-0.2, 0) is 0 Å². The van der Waals surface area contributed by atoms with E-state index in [1.165, 1.54) is 0 Å². The minimum absolute atomic E-state index is 0. The molecule has 0 heterocycles. The van der Waals surface area contributed by atoms with E-state index in [0.29, 0.717) is 12.1 Å². The average molecular weight is 228 g/mol. The fraction of sp³-hybridized carbons (Fsp3) is 0.500. The Hall–Kier alpha value is -0.730. The van der Waals surface area contributed by atoms with Crippen molar-refractivity contribution >= 4 is 12.4 Å². The summed E-state index contributed by atoms with van der Waals surface area (Å²) in [6.07, 6.45) is 4.75. The van der Waals surface area contributed by atoms with Crippen LogP contribution in [0, 0.1) is 0 Å². The van der Waals surface area contributed by atoms with Crippen molar-refractivity contribution in [2.45, 2.75) is 37.8 Å². The van der Waals surface area contributed by atoms with E-state index in [9.17, 15) is 0 Å². The second-order valence-corrected chi connectivity index (χ2v) is 3.97. The fourth-order valence-electron chi connectivity index (χ4n) is 1.90. The Morgan fingerprint density at radius 1 is 1.00 bits per heavy atom. The van der Waals surface area contributed by atoms with E-state index < -0.39 is 0 Å². The van der Waals surface area contributed by atoms with Gasteiger partial charge < -0.3 is 10.5 Å². The first-order valence-electron chi connectivity index (χ1n) is 5.32. The fourth-order valence-corrected chi connectivity index (χ4v) is 1.90. The molecule has 0 saturated heterocycles. The third-order valence-electron chi connectivity index (χ3n) is 2.76. The van der Waals surface area contributed by atoms with Gasteiger partial charge in [-0.3, -0.25) is 0 Å². The van der Waals surface area contributed by atoms with E-state index in [1.54, 1.807) is 0 Å². The summed E-state index contributed by atoms with van der Waals surface area (Å²) in [5, 5.41) is 0. The first kappa shape index (κ1) is 12.3. The highest BCUT2D eigenvalue weighted by Crippen LogP contribution is 2.22. The van der Waals surface area contributed by atoms with Crippen LogP contribution in [0.4, 0.5) is 0 Å². The second kappa shape index (κ2) is 5.99. The van der Waals surface area contributed by atoms with Gasteiger partial charge in [-0.25, -0.2) is 0 Å². The summed E-state index contributed by atoms with van der Waals surface area (Å²) >= 11 is 0. The van der Waals surface area contributed by atoms with E-state index in [1.807, 2.05) is 30.3 Å². The highest BCUT2D eigenvalue weighted by atomic mass is 35.5. The summed E-state index contributed by atoms with van der Waals surface area (Å²) in [5.41, 5.74) is 5.83. The lowest BCUT2D eigenvalue weighted by molar-refractivity contribution is 0.147. The summed E-state index contributed by atoms with van der Waals surface area (Å²) < 4.78 is 5.85. The number of ether oxygens (including phenoxy) is 1. The maximum Gasteiger partial charge on any atom is 0.119 e. The van der Waals surface area contributed by atoms with Crippen LogP contribution in [-0.4, -0.2) is 12.1 Å². The number of para-hydroxylation sites is 1. The van der Waals surface area contributed by atoms with Gasteiger partial charge in [-0.05, 0) is 37.8 Å². The summed E-state index contributed by atoms with van der Waals surface area (Å²) in [7, 11) is 0. The van der Waals surface area contributed by atoms with E-state index in [4.69, 9.17) is 10.5 Å². The van der Waals surface area contributed by atoms with Gasteiger partial charge in [-0.2, -0.15) is 0 Å². The number of hydrogen-bond donors (Lipinski definition) is 1. The SMILES string of the molecule is Cl.N[C@H]1CC[C@H](Oc2ccccc2)CC1. The number of halogens is 1. The van der Waals surface area contributed by atoms with Crippen LogP contribution < -0.4 is 10.5 Å². The zero-order valence-electron chi connectivity index (χ0n) is 8.76. The summed E-state index contributed by atoms with van der Waals surface area (Å²) in [6, 6.07) is 10.4. The molecule has 0 unspecified atom stereocenters. The monoisotopic (exact) mass is 227 g/mol. The maximum absolute atomic E-state index is 5.85. The third kappa shape index (κ3) is 3.73. The first-order valence-corrected chi connectivity index (χ1v) is 5.32. The molecule has 3 heteroatoms. The van der Waals surface area contributed by atoms with Crippen LogP contribution in [0.3, 0.4) is 0 Å². The van der Waals surface area contributed by atoms with Crippen molar-refractivity contribution in [3.63, 3.8) is 0 Å². The third-order valence-corrected chi connectivity index (χ3v) is 2.76. The molecule has 1 saturated carbocycles. The van der Waals surface area contributed by atoms with Crippen LogP contribution in [0.2, 0.25) is 0 Å². The van der Waals surface area contributed by atoms with E-state index in [-0.39, 0.29) is 12.4 Å². The van der Waals surface area contributed by atoms with Crippen molar-refractivity contribution < 1.29 is 4.74 Å². The summed E-state index contributed by atoms with van der Waals surface area (Å²) in [5.74, 6) is 0.980. The lowest BCUT2D eigenvalue weighted by Gasteiger charge is -2.26. The molecule has 0 bridgehead atoms. The molecule has 1 aromatic rings. The molecule has 2 rings (SSSR count). The Kier molecular flexibility index (Phi) is 4.92. The molecule has 15 heavy (non-hydrogen) atoms. The molecule has 1 aliphatic carbocycles. The number of rotatable bonds is 2. The zero-order chi connectivity index (χ0) is 9.80. The predicted molar refractivity (Wildman–Crippen MR) is 64.5 cm³/mol. The molecule has 0 aromatic heterocycles. The minimum Gasteiger partial charge on any atom is -0.490 e. The minimum atomic E-state index is 0. The lowest BCUT2D eigenvalue weighted by Crippen LogP contribution is -2.31. The molecule has 1 aliphatic rings. The van der Waals surface area contributed by atoms with E-state index >= 15 is 0 Å². The molecule has 2 nitrogen and oxygen atoms in total. The van der Waals surface area contributed by atoms with Crippen molar-refractivity contribution in [1.29, 1.82) is 0 Å². The molecule has 0 atom stereocenters. The second-order valence-electron chi connectivity index (χ2n) is 3.97. The Morgan fingerprint density at radius 2 is 1.60 bits per heavy atom. The Morgan fingerprint density at radius 3 is 2.20 bits per heavy atom. The van der Waals surface area contributed by atoms with Gasteiger partial charge in [0.05, 0.1) is 6.10 Å². The number of nitrogens with two attached hydrogens (primary N) is 1. The van der Waals surface area contributed by atoms with Gasteiger partial charge in [-0.1, -0.05) is 18.2 Å². The standard InChI is InChI=1S/C12H17NO.ClH/c13-10-6-8-12(9-7-10)14-11-4-2-1-3-5-11;/h1-5,10,12H,6-9,13H2;1H/t10-,12-;. The number of hydrogen-bond acceptors (Lipinski definition) is 2. The summed E-state index contributed by atoms with van der Waals surface area (Å²) in [4.78, 5) is 0. The molecular formula is C12H18ClNO. The average Bonchev–Trinajstić information content (AvgIpc) is 2.23. The van der Waals surface area contributed by atoms with Crippen molar-refractivity contribution in [3.05, 3.63) is 30.3 Å². The molecule has 1 fully saturated rings. The van der Waals surface area contributed by atoms with Crippen LogP contribution in [0.1, 0.15) is 25.7 Å². The van der Waals surface area contributed by atoms with Crippen LogP contribution >= 0.6 is 12.4 Å². The van der Waals surface area contributed by atoms with Gasteiger partial charge in [0.1, 0.15) is 5.75 Å². The molecule has 1 aromatic carbocycles. The first-order chi connectivity index (χ1) is 6.84. The van der Waals surface area contributed by atoms with Crippen LogP contribution in [0.5, 0.6) is 5.75 Å². The molecule has 84 valence electrons. The quantitative estimate of drug-likeness (QED) is 0.843. The lowest BCUT2D eigenvalue weighted by atomic mass is 9.94. The highest BCUT2D eigenvalue weighted by molar-refractivity contribution is 5.85. The van der Waals surface area contributed by atoms with E-state index in [2.05, 4.69) is 0 Å². The van der Waals surface area contributed by atoms with Gasteiger partial charge in [0.15, 0.2) is 0 Å². The largest absolute Gasteiger partial charge is 0.490 e. The molecule has 0 aliphatic heterocycles. The van der Waals surface area contributed by atoms with Gasteiger partial charge in [0, 0.05) is 6.04 Å². The van der Waals surface area contributed by atoms with Gasteiger partial charge in [-0.15, -0.1) is 12.4 Å². The molecule has 2 N–H and O–H groups in total. The van der Waals surface area contributed by atoms with Crippen molar-refractivity contribution in [2.24, 2.45) is 5.73 Å². The smallest absolute Gasteiger partial charge is 0.119 e. The van der Waals surface area contributed by atoms with Gasteiger partial charge >= 0.3 is 0 Å². The van der Waals surface area contributed by atoms with Crippen molar-refractivity contribution in [3.8, 4) is 5.75 Å². The van der Waals surface area contributed by atoms with Crippen molar-refractivity contribution in [1.82, 2.24) is 0 Å². The Bertz CT molecular complexity index is 270. The molecule has 0 radical (unpaired) electrons. The molecule has 0 amide bonds. The highest BCUT2D eigenvalue weighted by Gasteiger charge is 2.19. The number of benzene rings is 1. The summed E-state index contributed by atoms with van der Waals surface area (Å²) in [6.45, 7) is 0. The zero-order valence-corrected chi connectivity index (χ0v) is 9.58. The maximum atomic E-state index is 5.85. The van der Waals surface area contributed by atoms with Gasteiger partial charge in [0.2, 0.25) is 0 Å². The van der Waals surface area contributed by atoms with Gasteiger partial charge in [0.25, 0.3) is 0 Å².